The summed E-state index contributed by atoms with van der Waals surface area (Å²) in [6, 6.07) is 14.6. The summed E-state index contributed by atoms with van der Waals surface area (Å²) in [5.74, 6) is 0.138. The molecule has 1 aromatic carbocycles. The summed E-state index contributed by atoms with van der Waals surface area (Å²) < 4.78 is 27.1. The van der Waals surface area contributed by atoms with Crippen molar-refractivity contribution >= 4 is 11.5 Å². The monoisotopic (exact) mass is 372 g/mol. The zero-order valence-electron chi connectivity index (χ0n) is 15.1. The Morgan fingerprint density at radius 1 is 1.04 bits per heavy atom. The summed E-state index contributed by atoms with van der Waals surface area (Å²) in [7, 11) is 0. The Hall–Kier alpha value is -2.61. The molecule has 6 nitrogen and oxygen atoms in total. The second kappa shape index (κ2) is 7.56. The number of aromatic nitrogens is 4. The van der Waals surface area contributed by atoms with E-state index in [9.17, 15) is 8.78 Å². The number of anilines is 1. The van der Waals surface area contributed by atoms with Gasteiger partial charge in [-0.3, -0.25) is 4.90 Å². The summed E-state index contributed by atoms with van der Waals surface area (Å²) in [5.41, 5.74) is 1.64. The van der Waals surface area contributed by atoms with E-state index >= 15 is 0 Å². The van der Waals surface area contributed by atoms with Gasteiger partial charge in [0.05, 0.1) is 0 Å². The molecule has 1 fully saturated rings. The number of hydrogen-bond donors (Lipinski definition) is 1. The third-order valence-electron chi connectivity index (χ3n) is 5.19. The van der Waals surface area contributed by atoms with Crippen LogP contribution < -0.4 is 5.32 Å². The average Bonchev–Trinajstić information content (AvgIpc) is 3.12. The molecule has 0 amide bonds. The van der Waals surface area contributed by atoms with Crippen LogP contribution in [0.2, 0.25) is 0 Å². The number of fused-ring (bicyclic) bond motifs is 1. The van der Waals surface area contributed by atoms with Crippen LogP contribution in [-0.4, -0.2) is 43.8 Å². The smallest absolute Gasteiger partial charge is 0.299 e. The molecule has 142 valence electrons. The van der Waals surface area contributed by atoms with Crippen LogP contribution in [-0.2, 0) is 0 Å². The molecule has 1 atom stereocenters. The Kier molecular flexibility index (Phi) is 4.98. The molecule has 4 rings (SSSR count). The Labute approximate surface area is 156 Å². The third kappa shape index (κ3) is 3.75. The highest BCUT2D eigenvalue weighted by Gasteiger charge is 2.24. The van der Waals surface area contributed by atoms with Crippen molar-refractivity contribution in [2.24, 2.45) is 0 Å². The van der Waals surface area contributed by atoms with Crippen LogP contribution in [0.3, 0.4) is 0 Å². The van der Waals surface area contributed by atoms with E-state index < -0.39 is 12.2 Å². The van der Waals surface area contributed by atoms with Gasteiger partial charge in [-0.2, -0.15) is 4.52 Å². The van der Waals surface area contributed by atoms with Gasteiger partial charge in [0.25, 0.3) is 6.43 Å². The van der Waals surface area contributed by atoms with E-state index in [-0.39, 0.29) is 6.04 Å². The molecule has 0 spiro atoms. The van der Waals surface area contributed by atoms with Gasteiger partial charge >= 0.3 is 0 Å². The summed E-state index contributed by atoms with van der Waals surface area (Å²) in [5, 5.41) is 14.8. The minimum atomic E-state index is -2.70. The van der Waals surface area contributed by atoms with E-state index in [0.717, 1.165) is 30.4 Å². The largest absolute Gasteiger partial charge is 0.366 e. The summed E-state index contributed by atoms with van der Waals surface area (Å²) in [6.07, 6.45) is -0.757. The molecule has 0 bridgehead atoms. The molecule has 1 aliphatic rings. The van der Waals surface area contributed by atoms with Crippen LogP contribution in [0.5, 0.6) is 0 Å². The molecule has 3 aromatic rings. The van der Waals surface area contributed by atoms with E-state index in [4.69, 9.17) is 0 Å². The first-order valence-electron chi connectivity index (χ1n) is 9.18. The summed E-state index contributed by atoms with van der Waals surface area (Å²) in [6.45, 7) is 4.19. The van der Waals surface area contributed by atoms with Crippen LogP contribution in [0.1, 0.15) is 43.6 Å². The van der Waals surface area contributed by atoms with Crippen molar-refractivity contribution in [2.75, 3.05) is 18.4 Å². The number of alkyl halides is 2. The standard InChI is InChI=1S/C19H22F2N6/c1-13(14-5-3-2-4-6-14)26-11-9-15(10-12-26)22-16-7-8-17-23-24-19(18(20)21)27(17)25-16/h2-8,13,15,18H,9-12H2,1H3,(H,22,25). The van der Waals surface area contributed by atoms with Gasteiger partial charge in [0, 0.05) is 25.2 Å². The number of likely N-dealkylation sites (tertiary alicyclic amines) is 1. The Bertz CT molecular complexity index is 890. The van der Waals surface area contributed by atoms with E-state index in [2.05, 4.69) is 56.7 Å². The van der Waals surface area contributed by atoms with Gasteiger partial charge in [0.2, 0.25) is 5.82 Å². The van der Waals surface area contributed by atoms with Gasteiger partial charge in [0.1, 0.15) is 5.82 Å². The lowest BCUT2D eigenvalue weighted by Gasteiger charge is -2.36. The third-order valence-corrected chi connectivity index (χ3v) is 5.19. The molecule has 1 aliphatic heterocycles. The van der Waals surface area contributed by atoms with Gasteiger partial charge in [-0.15, -0.1) is 15.3 Å². The minimum absolute atomic E-state index is 0.264. The highest BCUT2D eigenvalue weighted by atomic mass is 19.3. The van der Waals surface area contributed by atoms with Gasteiger partial charge in [-0.1, -0.05) is 30.3 Å². The number of nitrogens with one attached hydrogen (secondary N) is 1. The van der Waals surface area contributed by atoms with Crippen LogP contribution in [0.4, 0.5) is 14.6 Å². The quantitative estimate of drug-likeness (QED) is 0.740. The topological polar surface area (TPSA) is 58.3 Å². The molecule has 2 aromatic heterocycles. The van der Waals surface area contributed by atoms with Crippen molar-refractivity contribution in [1.82, 2.24) is 24.7 Å². The summed E-state index contributed by atoms with van der Waals surface area (Å²) >= 11 is 0. The zero-order valence-corrected chi connectivity index (χ0v) is 15.1. The highest BCUT2D eigenvalue weighted by Crippen LogP contribution is 2.25. The number of halogens is 2. The van der Waals surface area contributed by atoms with Gasteiger partial charge in [0.15, 0.2) is 5.65 Å². The lowest BCUT2D eigenvalue weighted by Crippen LogP contribution is -2.40. The predicted octanol–water partition coefficient (Wildman–Crippen LogP) is 3.70. The molecule has 1 unspecified atom stereocenters. The normalized spacial score (nSPS) is 17.5. The molecule has 0 aliphatic carbocycles. The molecule has 0 radical (unpaired) electrons. The van der Waals surface area contributed by atoms with Crippen LogP contribution in [0.15, 0.2) is 42.5 Å². The lowest BCUT2D eigenvalue weighted by atomic mass is 10.0. The maximum absolute atomic E-state index is 13.0. The van der Waals surface area contributed by atoms with Crippen molar-refractivity contribution in [1.29, 1.82) is 0 Å². The number of nitrogens with zero attached hydrogens (tertiary/aromatic N) is 5. The van der Waals surface area contributed by atoms with Crippen molar-refractivity contribution in [3.63, 3.8) is 0 Å². The van der Waals surface area contributed by atoms with Crippen molar-refractivity contribution < 1.29 is 8.78 Å². The van der Waals surface area contributed by atoms with Crippen molar-refractivity contribution in [3.8, 4) is 0 Å². The molecule has 0 saturated carbocycles. The minimum Gasteiger partial charge on any atom is -0.366 e. The average molecular weight is 372 g/mol. The molecule has 27 heavy (non-hydrogen) atoms. The second-order valence-corrected chi connectivity index (χ2v) is 6.89. The van der Waals surface area contributed by atoms with E-state index in [1.807, 2.05) is 6.07 Å². The number of hydrogen-bond acceptors (Lipinski definition) is 5. The second-order valence-electron chi connectivity index (χ2n) is 6.89. The maximum Gasteiger partial charge on any atom is 0.299 e. The number of rotatable bonds is 5. The fourth-order valence-corrected chi connectivity index (χ4v) is 3.60. The Balaban J connectivity index is 1.39. The van der Waals surface area contributed by atoms with Crippen LogP contribution in [0.25, 0.3) is 5.65 Å². The van der Waals surface area contributed by atoms with Crippen molar-refractivity contribution in [3.05, 3.63) is 53.9 Å². The van der Waals surface area contributed by atoms with E-state index in [0.29, 0.717) is 17.5 Å². The molecule has 1 saturated heterocycles. The van der Waals surface area contributed by atoms with Gasteiger partial charge < -0.3 is 5.32 Å². The molecule has 1 N–H and O–H groups in total. The SMILES string of the molecule is CC(c1ccccc1)N1CCC(Nc2ccc3nnc(C(F)F)n3n2)CC1. The maximum atomic E-state index is 13.0. The van der Waals surface area contributed by atoms with Gasteiger partial charge in [-0.05, 0) is 37.5 Å². The lowest BCUT2D eigenvalue weighted by molar-refractivity contribution is 0.137. The van der Waals surface area contributed by atoms with Crippen molar-refractivity contribution in [2.45, 2.75) is 38.3 Å². The van der Waals surface area contributed by atoms with E-state index in [1.54, 1.807) is 12.1 Å². The van der Waals surface area contributed by atoms with E-state index in [1.165, 1.54) is 5.56 Å². The zero-order chi connectivity index (χ0) is 18.8. The first-order chi connectivity index (χ1) is 13.1. The number of piperidine rings is 1. The highest BCUT2D eigenvalue weighted by molar-refractivity contribution is 5.44. The molecular weight excluding hydrogens is 350 g/mol. The van der Waals surface area contributed by atoms with Crippen LogP contribution in [0, 0.1) is 0 Å². The molecular formula is C19H22F2N6. The van der Waals surface area contributed by atoms with Gasteiger partial charge in [-0.25, -0.2) is 8.78 Å². The molecule has 3 heterocycles. The first-order valence-corrected chi connectivity index (χ1v) is 9.18. The Morgan fingerprint density at radius 2 is 1.78 bits per heavy atom. The van der Waals surface area contributed by atoms with Crippen LogP contribution >= 0.6 is 0 Å². The Morgan fingerprint density at radius 3 is 2.48 bits per heavy atom. The fraction of sp³-hybridized carbons (Fsp3) is 0.421. The molecule has 8 heteroatoms. The fourth-order valence-electron chi connectivity index (χ4n) is 3.60. The predicted molar refractivity (Wildman–Crippen MR) is 98.8 cm³/mol. The number of benzene rings is 1. The first kappa shape index (κ1) is 17.8. The summed E-state index contributed by atoms with van der Waals surface area (Å²) in [4.78, 5) is 2.47.